The van der Waals surface area contributed by atoms with Gasteiger partial charge in [0.2, 0.25) is 11.4 Å². The number of benzene rings is 2. The monoisotopic (exact) mass is 408 g/mol. The number of rotatable bonds is 6. The highest BCUT2D eigenvalue weighted by Gasteiger charge is 2.56. The number of hydrogen-bond acceptors (Lipinski definition) is 6. The lowest BCUT2D eigenvalue weighted by atomic mass is 9.95. The summed E-state index contributed by atoms with van der Waals surface area (Å²) in [6, 6.07) is 8.91. The van der Waals surface area contributed by atoms with Crippen molar-refractivity contribution in [2.75, 3.05) is 7.11 Å². The minimum absolute atomic E-state index is 0.0208. The Kier molecular flexibility index (Phi) is 4.45. The molecule has 0 heterocycles. The van der Waals surface area contributed by atoms with Crippen LogP contribution in [0.5, 0.6) is 17.2 Å². The highest BCUT2D eigenvalue weighted by molar-refractivity contribution is 6.02. The van der Waals surface area contributed by atoms with Crippen molar-refractivity contribution in [3.8, 4) is 28.4 Å². The smallest absolute Gasteiger partial charge is 0.350 e. The van der Waals surface area contributed by atoms with Crippen LogP contribution in [0.2, 0.25) is 0 Å². The molecule has 5 rings (SSSR count). The van der Waals surface area contributed by atoms with Crippen LogP contribution in [0.1, 0.15) is 54.4 Å². The molecule has 0 saturated heterocycles. The first kappa shape index (κ1) is 19.0. The molecule has 2 aromatic carbocycles. The Hall–Kier alpha value is -3.02. The van der Waals surface area contributed by atoms with Gasteiger partial charge in [0.1, 0.15) is 6.10 Å². The van der Waals surface area contributed by atoms with E-state index >= 15 is 0 Å². The number of esters is 1. The lowest BCUT2D eigenvalue weighted by Crippen LogP contribution is -2.36. The first-order valence-electron chi connectivity index (χ1n) is 10.5. The van der Waals surface area contributed by atoms with E-state index in [0.29, 0.717) is 37.0 Å². The first-order valence-corrected chi connectivity index (χ1v) is 10.5. The number of ketones is 1. The fourth-order valence-corrected chi connectivity index (χ4v) is 4.21. The van der Waals surface area contributed by atoms with E-state index < -0.39 is 5.60 Å². The van der Waals surface area contributed by atoms with Crippen LogP contribution in [0, 0.1) is 0 Å². The standard InChI is InChI=1S/C24H24O6/c1-28-22-20(26)11-9-18(15-6-3-7-17-16(15)8-10-19(17)25)21(22)30-24(12-13-24)23(27)29-14-4-2-5-14/h3,6-7,9,11,14,26H,2,4-5,8,10,12-13H2,1H3. The average molecular weight is 408 g/mol. The second-order valence-electron chi connectivity index (χ2n) is 8.30. The van der Waals surface area contributed by atoms with E-state index in [2.05, 4.69) is 0 Å². The number of carbonyl (C=O) groups is 2. The van der Waals surface area contributed by atoms with Crippen molar-refractivity contribution in [3.63, 3.8) is 0 Å². The number of aromatic hydroxyl groups is 1. The zero-order valence-corrected chi connectivity index (χ0v) is 16.9. The molecule has 2 saturated carbocycles. The number of phenols is 1. The predicted octanol–water partition coefficient (Wildman–Crippen LogP) is 4.20. The first-order chi connectivity index (χ1) is 14.5. The molecule has 156 valence electrons. The van der Waals surface area contributed by atoms with E-state index in [1.165, 1.54) is 7.11 Å². The van der Waals surface area contributed by atoms with E-state index in [4.69, 9.17) is 14.2 Å². The van der Waals surface area contributed by atoms with Crippen molar-refractivity contribution in [3.05, 3.63) is 41.5 Å². The quantitative estimate of drug-likeness (QED) is 0.722. The molecule has 0 radical (unpaired) electrons. The van der Waals surface area contributed by atoms with Gasteiger partial charge in [0, 0.05) is 30.4 Å². The number of methoxy groups -OCH3 is 1. The van der Waals surface area contributed by atoms with Crippen molar-refractivity contribution in [2.24, 2.45) is 0 Å². The minimum atomic E-state index is -1.04. The van der Waals surface area contributed by atoms with Crippen molar-refractivity contribution in [1.29, 1.82) is 0 Å². The van der Waals surface area contributed by atoms with E-state index in [0.717, 1.165) is 36.0 Å². The lowest BCUT2D eigenvalue weighted by molar-refractivity contribution is -0.163. The van der Waals surface area contributed by atoms with Gasteiger partial charge in [-0.15, -0.1) is 0 Å². The molecule has 0 unspecified atom stereocenters. The van der Waals surface area contributed by atoms with Gasteiger partial charge < -0.3 is 19.3 Å². The Morgan fingerprint density at radius 2 is 1.80 bits per heavy atom. The summed E-state index contributed by atoms with van der Waals surface area (Å²) in [6.07, 6.45) is 5.10. The summed E-state index contributed by atoms with van der Waals surface area (Å²) in [5.41, 5.74) is 2.19. The molecular formula is C24H24O6. The fourth-order valence-electron chi connectivity index (χ4n) is 4.21. The van der Waals surface area contributed by atoms with Crippen LogP contribution in [-0.4, -0.2) is 35.7 Å². The summed E-state index contributed by atoms with van der Waals surface area (Å²) >= 11 is 0. The average Bonchev–Trinajstić information content (AvgIpc) is 3.40. The molecule has 0 atom stereocenters. The van der Waals surface area contributed by atoms with Crippen LogP contribution in [0.4, 0.5) is 0 Å². The van der Waals surface area contributed by atoms with Gasteiger partial charge in [-0.2, -0.15) is 0 Å². The summed E-state index contributed by atoms with van der Waals surface area (Å²) in [7, 11) is 1.46. The third kappa shape index (κ3) is 3.02. The van der Waals surface area contributed by atoms with Crippen molar-refractivity contribution in [2.45, 2.75) is 56.7 Å². The van der Waals surface area contributed by atoms with Gasteiger partial charge in [-0.3, -0.25) is 4.79 Å². The number of phenolic OH excluding ortho intramolecular Hbond substituents is 1. The summed E-state index contributed by atoms with van der Waals surface area (Å²) < 4.78 is 17.3. The van der Waals surface area contributed by atoms with E-state index in [1.807, 2.05) is 18.2 Å². The molecule has 0 aromatic heterocycles. The topological polar surface area (TPSA) is 82.1 Å². The highest BCUT2D eigenvalue weighted by Crippen LogP contribution is 2.51. The second-order valence-corrected chi connectivity index (χ2v) is 8.30. The molecule has 2 fully saturated rings. The van der Waals surface area contributed by atoms with Gasteiger partial charge in [-0.1, -0.05) is 18.2 Å². The van der Waals surface area contributed by atoms with Crippen molar-refractivity contribution in [1.82, 2.24) is 0 Å². The molecule has 3 aliphatic carbocycles. The van der Waals surface area contributed by atoms with Crippen LogP contribution in [0.15, 0.2) is 30.3 Å². The van der Waals surface area contributed by atoms with Crippen molar-refractivity contribution < 1.29 is 28.9 Å². The number of ether oxygens (including phenoxy) is 3. The normalized spacial score (nSPS) is 19.0. The molecular weight excluding hydrogens is 384 g/mol. The maximum absolute atomic E-state index is 12.8. The zero-order chi connectivity index (χ0) is 20.9. The van der Waals surface area contributed by atoms with E-state index in [9.17, 15) is 14.7 Å². The molecule has 0 spiro atoms. The SMILES string of the molecule is COc1c(O)ccc(-c2cccc3c2CCC3=O)c1OC1(C(=O)OC2CCC2)CC1. The Morgan fingerprint density at radius 3 is 2.47 bits per heavy atom. The summed E-state index contributed by atoms with van der Waals surface area (Å²) in [6.45, 7) is 0. The van der Waals surface area contributed by atoms with E-state index in [-0.39, 0.29) is 29.4 Å². The molecule has 1 N–H and O–H groups in total. The summed E-state index contributed by atoms with van der Waals surface area (Å²) in [5, 5.41) is 10.4. The summed E-state index contributed by atoms with van der Waals surface area (Å²) in [5.74, 6) is 0.202. The number of hydrogen-bond donors (Lipinski definition) is 1. The molecule has 0 bridgehead atoms. The molecule has 30 heavy (non-hydrogen) atoms. The van der Waals surface area contributed by atoms with Crippen LogP contribution in [0.3, 0.4) is 0 Å². The van der Waals surface area contributed by atoms with Gasteiger partial charge in [0.25, 0.3) is 0 Å². The Bertz CT molecular complexity index is 1030. The number of carbonyl (C=O) groups excluding carboxylic acids is 2. The Morgan fingerprint density at radius 1 is 1.03 bits per heavy atom. The Labute approximate surface area is 174 Å². The van der Waals surface area contributed by atoms with Gasteiger partial charge in [0.05, 0.1) is 7.11 Å². The number of Topliss-reactive ketones (excluding diaryl/α,β-unsaturated/α-hetero) is 1. The molecule has 6 heteroatoms. The largest absolute Gasteiger partial charge is 0.504 e. The fraction of sp³-hybridized carbons (Fsp3) is 0.417. The maximum Gasteiger partial charge on any atom is 0.350 e. The number of fused-ring (bicyclic) bond motifs is 1. The van der Waals surface area contributed by atoms with Crippen LogP contribution < -0.4 is 9.47 Å². The van der Waals surface area contributed by atoms with Crippen LogP contribution >= 0.6 is 0 Å². The zero-order valence-electron chi connectivity index (χ0n) is 16.9. The molecule has 2 aromatic rings. The molecule has 0 aliphatic heterocycles. The Balaban J connectivity index is 1.56. The lowest BCUT2D eigenvalue weighted by Gasteiger charge is -2.28. The van der Waals surface area contributed by atoms with Gasteiger partial charge in [-0.05, 0) is 48.9 Å². The van der Waals surface area contributed by atoms with Gasteiger partial charge in [-0.25, -0.2) is 4.79 Å². The maximum atomic E-state index is 12.8. The van der Waals surface area contributed by atoms with Crippen LogP contribution in [0.25, 0.3) is 11.1 Å². The highest BCUT2D eigenvalue weighted by atomic mass is 16.6. The van der Waals surface area contributed by atoms with Gasteiger partial charge in [0.15, 0.2) is 17.3 Å². The summed E-state index contributed by atoms with van der Waals surface area (Å²) in [4.78, 5) is 25.0. The van der Waals surface area contributed by atoms with Crippen molar-refractivity contribution >= 4 is 11.8 Å². The molecule has 3 aliphatic rings. The van der Waals surface area contributed by atoms with Crippen LogP contribution in [-0.2, 0) is 16.0 Å². The second kappa shape index (κ2) is 7.04. The third-order valence-electron chi connectivity index (χ3n) is 6.36. The van der Waals surface area contributed by atoms with Gasteiger partial charge >= 0.3 is 5.97 Å². The molecule has 6 nitrogen and oxygen atoms in total. The minimum Gasteiger partial charge on any atom is -0.504 e. The predicted molar refractivity (Wildman–Crippen MR) is 109 cm³/mol. The van der Waals surface area contributed by atoms with E-state index in [1.54, 1.807) is 12.1 Å². The third-order valence-corrected chi connectivity index (χ3v) is 6.36. The molecule has 0 amide bonds.